The summed E-state index contributed by atoms with van der Waals surface area (Å²) in [5, 5.41) is 2.93. The van der Waals surface area contributed by atoms with Crippen molar-refractivity contribution in [3.8, 4) is 11.1 Å². The van der Waals surface area contributed by atoms with Gasteiger partial charge in [-0.25, -0.2) is 8.42 Å². The molecule has 0 radical (unpaired) electrons. The van der Waals surface area contributed by atoms with Crippen LogP contribution in [0.4, 0.5) is 0 Å². The molecule has 3 aromatic rings. The number of nitrogens with one attached hydrogen (secondary N) is 1. The first-order chi connectivity index (χ1) is 16.0. The maximum atomic E-state index is 12.8. The lowest BCUT2D eigenvalue weighted by Gasteiger charge is -2.26. The Morgan fingerprint density at radius 2 is 1.42 bits per heavy atom. The molecule has 4 rings (SSSR count). The standard InChI is InChI=1S/C26H28N2O4S/c29-26(18-21-10-12-23(13-11-21)22-6-2-1-3-7-22)27-19-24-8-4-5-9-25(24)20-33(30,31)28-14-16-32-17-15-28/h1-13H,14-20H2,(H,27,29). The van der Waals surface area contributed by atoms with E-state index in [0.717, 1.165) is 22.3 Å². The van der Waals surface area contributed by atoms with Gasteiger partial charge in [0, 0.05) is 19.6 Å². The molecule has 1 saturated heterocycles. The minimum Gasteiger partial charge on any atom is -0.379 e. The van der Waals surface area contributed by atoms with Crippen LogP contribution in [0, 0.1) is 0 Å². The van der Waals surface area contributed by atoms with Gasteiger partial charge in [0.05, 0.1) is 25.4 Å². The first-order valence-corrected chi connectivity index (χ1v) is 12.7. The average Bonchev–Trinajstić information content (AvgIpc) is 2.85. The van der Waals surface area contributed by atoms with Gasteiger partial charge in [-0.05, 0) is 27.8 Å². The fraction of sp³-hybridized carbons (Fsp3) is 0.269. The molecule has 1 amide bonds. The Kier molecular flexibility index (Phi) is 7.54. The molecule has 172 valence electrons. The Hall–Kier alpha value is -3.00. The summed E-state index contributed by atoms with van der Waals surface area (Å²) in [6.45, 7) is 1.89. The van der Waals surface area contributed by atoms with Crippen molar-refractivity contribution in [3.63, 3.8) is 0 Å². The summed E-state index contributed by atoms with van der Waals surface area (Å²) >= 11 is 0. The Morgan fingerprint density at radius 1 is 0.818 bits per heavy atom. The molecular formula is C26H28N2O4S. The summed E-state index contributed by atoms with van der Waals surface area (Å²) in [7, 11) is -3.43. The van der Waals surface area contributed by atoms with Gasteiger partial charge in [-0.15, -0.1) is 0 Å². The summed E-state index contributed by atoms with van der Waals surface area (Å²) in [4.78, 5) is 12.5. The van der Waals surface area contributed by atoms with Crippen molar-refractivity contribution < 1.29 is 17.9 Å². The number of hydrogen-bond donors (Lipinski definition) is 1. The summed E-state index contributed by atoms with van der Waals surface area (Å²) in [6, 6.07) is 25.4. The van der Waals surface area contributed by atoms with Gasteiger partial charge in [-0.1, -0.05) is 78.9 Å². The minimum absolute atomic E-state index is 0.0833. The molecule has 6 nitrogen and oxygen atoms in total. The van der Waals surface area contributed by atoms with Gasteiger partial charge >= 0.3 is 0 Å². The maximum Gasteiger partial charge on any atom is 0.224 e. The highest BCUT2D eigenvalue weighted by Crippen LogP contribution is 2.20. The number of sulfonamides is 1. The number of nitrogens with zero attached hydrogens (tertiary/aromatic N) is 1. The zero-order valence-corrected chi connectivity index (χ0v) is 19.3. The van der Waals surface area contributed by atoms with E-state index in [1.165, 1.54) is 4.31 Å². The fourth-order valence-corrected chi connectivity index (χ4v) is 5.43. The first-order valence-electron chi connectivity index (χ1n) is 11.0. The second-order valence-corrected chi connectivity index (χ2v) is 10.0. The quantitative estimate of drug-likeness (QED) is 0.555. The molecule has 1 aliphatic heterocycles. The van der Waals surface area contributed by atoms with Crippen LogP contribution in [0.2, 0.25) is 0 Å². The Labute approximate surface area is 195 Å². The monoisotopic (exact) mass is 464 g/mol. The predicted octanol–water partition coefficient (Wildman–Crippen LogP) is 3.37. The third-order valence-electron chi connectivity index (χ3n) is 5.72. The molecule has 1 N–H and O–H groups in total. The molecule has 0 atom stereocenters. The molecular weight excluding hydrogens is 436 g/mol. The highest BCUT2D eigenvalue weighted by Gasteiger charge is 2.25. The second-order valence-electron chi connectivity index (χ2n) is 8.05. The van der Waals surface area contributed by atoms with E-state index in [2.05, 4.69) is 17.4 Å². The summed E-state index contributed by atoms with van der Waals surface area (Å²) in [5.41, 5.74) is 4.68. The zero-order chi connectivity index (χ0) is 23.1. The predicted molar refractivity (Wildman–Crippen MR) is 129 cm³/mol. The minimum atomic E-state index is -3.43. The van der Waals surface area contributed by atoms with Crippen molar-refractivity contribution in [2.45, 2.75) is 18.7 Å². The van der Waals surface area contributed by atoms with Crippen molar-refractivity contribution in [2.24, 2.45) is 0 Å². The summed E-state index contributed by atoms with van der Waals surface area (Å²) < 4.78 is 32.3. The van der Waals surface area contributed by atoms with E-state index in [9.17, 15) is 13.2 Å². The Morgan fingerprint density at radius 3 is 2.12 bits per heavy atom. The van der Waals surface area contributed by atoms with Crippen LogP contribution >= 0.6 is 0 Å². The largest absolute Gasteiger partial charge is 0.379 e. The van der Waals surface area contributed by atoms with Gasteiger partial charge in [-0.3, -0.25) is 4.79 Å². The van der Waals surface area contributed by atoms with Crippen molar-refractivity contribution in [2.75, 3.05) is 26.3 Å². The van der Waals surface area contributed by atoms with Crippen molar-refractivity contribution in [1.82, 2.24) is 9.62 Å². The number of amides is 1. The van der Waals surface area contributed by atoms with E-state index in [1.54, 1.807) is 0 Å². The number of carbonyl (C=O) groups is 1. The highest BCUT2D eigenvalue weighted by atomic mass is 32.2. The van der Waals surface area contributed by atoms with Crippen LogP contribution in [0.25, 0.3) is 11.1 Å². The van der Waals surface area contributed by atoms with Gasteiger partial charge in [0.1, 0.15) is 0 Å². The number of hydrogen-bond acceptors (Lipinski definition) is 4. The molecule has 3 aromatic carbocycles. The van der Waals surface area contributed by atoms with Crippen LogP contribution < -0.4 is 5.32 Å². The Balaban J connectivity index is 1.35. The van der Waals surface area contributed by atoms with Gasteiger partial charge in [0.25, 0.3) is 0 Å². The lowest BCUT2D eigenvalue weighted by atomic mass is 10.0. The molecule has 1 aliphatic rings. The third kappa shape index (κ3) is 6.28. The smallest absolute Gasteiger partial charge is 0.224 e. The molecule has 1 heterocycles. The van der Waals surface area contributed by atoms with Crippen LogP contribution in [-0.4, -0.2) is 44.9 Å². The number of ether oxygens (including phenoxy) is 1. The first kappa shape index (κ1) is 23.2. The van der Waals surface area contributed by atoms with Crippen molar-refractivity contribution in [3.05, 3.63) is 95.6 Å². The molecule has 0 spiro atoms. The number of carbonyl (C=O) groups excluding carboxylic acids is 1. The van der Waals surface area contributed by atoms with Gasteiger partial charge in [0.15, 0.2) is 0 Å². The summed E-state index contributed by atoms with van der Waals surface area (Å²) in [5.74, 6) is -0.187. The van der Waals surface area contributed by atoms with E-state index in [1.807, 2.05) is 66.7 Å². The molecule has 0 aliphatic carbocycles. The lowest BCUT2D eigenvalue weighted by Crippen LogP contribution is -2.41. The number of rotatable bonds is 8. The van der Waals surface area contributed by atoms with E-state index in [-0.39, 0.29) is 24.6 Å². The third-order valence-corrected chi connectivity index (χ3v) is 7.55. The van der Waals surface area contributed by atoms with Crippen molar-refractivity contribution in [1.29, 1.82) is 0 Å². The fourth-order valence-electron chi connectivity index (χ4n) is 3.87. The zero-order valence-electron chi connectivity index (χ0n) is 18.4. The van der Waals surface area contributed by atoms with Crippen LogP contribution in [0.3, 0.4) is 0 Å². The van der Waals surface area contributed by atoms with Crippen molar-refractivity contribution >= 4 is 15.9 Å². The van der Waals surface area contributed by atoms with E-state index in [0.29, 0.717) is 31.9 Å². The SMILES string of the molecule is O=C(Cc1ccc(-c2ccccc2)cc1)NCc1ccccc1CS(=O)(=O)N1CCOCC1. The maximum absolute atomic E-state index is 12.8. The molecule has 33 heavy (non-hydrogen) atoms. The second kappa shape index (κ2) is 10.7. The van der Waals surface area contributed by atoms with Gasteiger partial charge in [-0.2, -0.15) is 4.31 Å². The van der Waals surface area contributed by atoms with Gasteiger partial charge in [0.2, 0.25) is 15.9 Å². The molecule has 0 unspecified atom stereocenters. The van der Waals surface area contributed by atoms with E-state index in [4.69, 9.17) is 4.74 Å². The molecule has 1 fully saturated rings. The lowest BCUT2D eigenvalue weighted by molar-refractivity contribution is -0.120. The van der Waals surface area contributed by atoms with E-state index < -0.39 is 10.0 Å². The van der Waals surface area contributed by atoms with Crippen LogP contribution in [-0.2, 0) is 38.3 Å². The van der Waals surface area contributed by atoms with Crippen LogP contribution in [0.15, 0.2) is 78.9 Å². The van der Waals surface area contributed by atoms with Crippen LogP contribution in [0.1, 0.15) is 16.7 Å². The molecule has 7 heteroatoms. The average molecular weight is 465 g/mol. The van der Waals surface area contributed by atoms with E-state index >= 15 is 0 Å². The highest BCUT2D eigenvalue weighted by molar-refractivity contribution is 7.88. The Bertz CT molecular complexity index is 1170. The topological polar surface area (TPSA) is 75.7 Å². The number of benzene rings is 3. The summed E-state index contributed by atoms with van der Waals surface area (Å²) in [6.07, 6.45) is 0.267. The number of morpholine rings is 1. The molecule has 0 saturated carbocycles. The molecule has 0 aromatic heterocycles. The van der Waals surface area contributed by atoms with Gasteiger partial charge < -0.3 is 10.1 Å². The normalized spacial score (nSPS) is 14.7. The molecule has 0 bridgehead atoms. The van der Waals surface area contributed by atoms with Crippen LogP contribution in [0.5, 0.6) is 0 Å².